The third-order valence-electron chi connectivity index (χ3n) is 7.27. The third kappa shape index (κ3) is 2.40. The third-order valence-corrected chi connectivity index (χ3v) is 8.39. The van der Waals surface area contributed by atoms with Crippen LogP contribution in [0.3, 0.4) is 0 Å². The maximum atomic E-state index is 2.40. The van der Waals surface area contributed by atoms with Gasteiger partial charge in [0.05, 0.1) is 0 Å². The molecule has 0 unspecified atom stereocenters. The molecule has 0 N–H and O–H groups in total. The van der Waals surface area contributed by atoms with E-state index in [0.717, 1.165) is 0 Å². The van der Waals surface area contributed by atoms with Crippen LogP contribution in [0.5, 0.6) is 0 Å². The van der Waals surface area contributed by atoms with Crippen molar-refractivity contribution in [1.82, 2.24) is 0 Å². The molecule has 0 bridgehead atoms. The highest BCUT2D eigenvalue weighted by atomic mass is 32.2. The van der Waals surface area contributed by atoms with E-state index >= 15 is 0 Å². The average Bonchev–Trinajstić information content (AvgIpc) is 3.06. The predicted molar refractivity (Wildman–Crippen MR) is 137 cm³/mol. The molecule has 0 atom stereocenters. The number of hydrogen-bond donors (Lipinski definition) is 0. The van der Waals surface area contributed by atoms with Gasteiger partial charge in [0.1, 0.15) is 0 Å². The molecule has 0 aromatic heterocycles. The first kappa shape index (κ1) is 18.3. The minimum Gasteiger partial charge on any atom is -0.0888 e. The molecule has 0 saturated heterocycles. The molecule has 1 heterocycles. The Balaban J connectivity index is 1.39. The van der Waals surface area contributed by atoms with Crippen molar-refractivity contribution in [1.29, 1.82) is 0 Å². The molecule has 1 aliphatic heterocycles. The predicted octanol–water partition coefficient (Wildman–Crippen LogP) is 8.94. The minimum absolute atomic E-state index is 0.0541. The smallest absolute Gasteiger partial charge is 0.0207 e. The van der Waals surface area contributed by atoms with Crippen LogP contribution in [-0.4, -0.2) is 0 Å². The molecule has 1 heteroatoms. The van der Waals surface area contributed by atoms with Gasteiger partial charge in [-0.3, -0.25) is 0 Å². The van der Waals surface area contributed by atoms with Gasteiger partial charge in [-0.2, -0.15) is 0 Å². The van der Waals surface area contributed by atoms with E-state index < -0.39 is 0 Å². The molecule has 1 aliphatic carbocycles. The van der Waals surface area contributed by atoms with E-state index in [2.05, 4.69) is 111 Å². The van der Waals surface area contributed by atoms with Crippen LogP contribution in [0.15, 0.2) is 107 Å². The van der Waals surface area contributed by atoms with Crippen molar-refractivity contribution in [3.8, 4) is 33.4 Å². The summed E-state index contributed by atoms with van der Waals surface area (Å²) in [5, 5.41) is 2.71. The molecule has 32 heavy (non-hydrogen) atoms. The van der Waals surface area contributed by atoms with Crippen LogP contribution >= 0.6 is 11.8 Å². The van der Waals surface area contributed by atoms with Crippen LogP contribution in [0, 0.1) is 0 Å². The normalized spacial score (nSPS) is 14.7. The lowest BCUT2D eigenvalue weighted by molar-refractivity contribution is 0.660. The largest absolute Gasteiger partial charge is 0.0888 e. The molecule has 152 valence electrons. The Bertz CT molecular complexity index is 1570. The lowest BCUT2D eigenvalue weighted by Crippen LogP contribution is -2.14. The van der Waals surface area contributed by atoms with Crippen LogP contribution in [-0.2, 0) is 5.41 Å². The summed E-state index contributed by atoms with van der Waals surface area (Å²) in [7, 11) is 0. The molecule has 0 fully saturated rings. The molecule has 0 nitrogen and oxygen atoms in total. The summed E-state index contributed by atoms with van der Waals surface area (Å²) in [5.74, 6) is 0. The fourth-order valence-corrected chi connectivity index (χ4v) is 6.83. The summed E-state index contributed by atoms with van der Waals surface area (Å²) in [6.07, 6.45) is 0. The summed E-state index contributed by atoms with van der Waals surface area (Å²) in [6, 6.07) is 36.2. The van der Waals surface area contributed by atoms with Crippen LogP contribution in [0.1, 0.15) is 25.0 Å². The van der Waals surface area contributed by atoms with E-state index in [1.165, 1.54) is 65.1 Å². The maximum Gasteiger partial charge on any atom is 0.0207 e. The highest BCUT2D eigenvalue weighted by Gasteiger charge is 2.35. The summed E-state index contributed by atoms with van der Waals surface area (Å²) in [4.78, 5) is 2.70. The molecular formula is C31H22S. The van der Waals surface area contributed by atoms with Crippen molar-refractivity contribution in [3.05, 3.63) is 108 Å². The highest BCUT2D eigenvalue weighted by Crippen LogP contribution is 2.51. The second-order valence-electron chi connectivity index (χ2n) is 9.40. The Kier molecular flexibility index (Phi) is 3.64. The van der Waals surface area contributed by atoms with Crippen LogP contribution in [0.25, 0.3) is 44.2 Å². The van der Waals surface area contributed by atoms with Gasteiger partial charge in [0, 0.05) is 20.6 Å². The van der Waals surface area contributed by atoms with Gasteiger partial charge in [-0.15, -0.1) is 0 Å². The van der Waals surface area contributed by atoms with E-state index in [-0.39, 0.29) is 5.41 Å². The van der Waals surface area contributed by atoms with Gasteiger partial charge in [-0.05, 0) is 68.1 Å². The standard InChI is InChI=1S/C31H22S/c1-31(2)26-11-4-3-9-22(26)25-17-20(14-16-27(25)31)21-13-15-23-24-10-5-7-19-8-6-12-28(30(19)24)32-29(23)18-21/h3-18H,1-2H3. The summed E-state index contributed by atoms with van der Waals surface area (Å²) in [5.41, 5.74) is 10.9. The monoisotopic (exact) mass is 426 g/mol. The Labute approximate surface area is 192 Å². The lowest BCUT2D eigenvalue weighted by Gasteiger charge is -2.22. The van der Waals surface area contributed by atoms with E-state index in [1.54, 1.807) is 0 Å². The average molecular weight is 427 g/mol. The molecule has 5 aromatic rings. The van der Waals surface area contributed by atoms with Crippen molar-refractivity contribution in [2.45, 2.75) is 29.1 Å². The minimum atomic E-state index is 0.0541. The Morgan fingerprint density at radius 2 is 1.25 bits per heavy atom. The maximum absolute atomic E-state index is 2.40. The number of benzene rings is 5. The molecule has 0 amide bonds. The van der Waals surface area contributed by atoms with Crippen molar-refractivity contribution in [3.63, 3.8) is 0 Å². The van der Waals surface area contributed by atoms with Gasteiger partial charge in [0.25, 0.3) is 0 Å². The van der Waals surface area contributed by atoms with E-state index in [1.807, 2.05) is 11.8 Å². The molecule has 2 aliphatic rings. The molecule has 0 radical (unpaired) electrons. The Morgan fingerprint density at radius 1 is 0.531 bits per heavy atom. The Hall–Kier alpha value is -3.29. The number of fused-ring (bicyclic) bond motifs is 5. The number of hydrogen-bond acceptors (Lipinski definition) is 1. The zero-order valence-electron chi connectivity index (χ0n) is 18.1. The van der Waals surface area contributed by atoms with Crippen molar-refractivity contribution in [2.75, 3.05) is 0 Å². The van der Waals surface area contributed by atoms with Gasteiger partial charge in [0.15, 0.2) is 0 Å². The van der Waals surface area contributed by atoms with Crippen LogP contribution in [0.2, 0.25) is 0 Å². The van der Waals surface area contributed by atoms with E-state index in [9.17, 15) is 0 Å². The second kappa shape index (κ2) is 6.37. The summed E-state index contributed by atoms with van der Waals surface area (Å²) >= 11 is 1.90. The van der Waals surface area contributed by atoms with Crippen LogP contribution < -0.4 is 0 Å². The van der Waals surface area contributed by atoms with Gasteiger partial charge < -0.3 is 0 Å². The number of rotatable bonds is 1. The summed E-state index contributed by atoms with van der Waals surface area (Å²) in [6.45, 7) is 4.68. The topological polar surface area (TPSA) is 0 Å². The van der Waals surface area contributed by atoms with Crippen molar-refractivity contribution >= 4 is 22.5 Å². The van der Waals surface area contributed by atoms with Crippen molar-refractivity contribution < 1.29 is 0 Å². The molecule has 0 spiro atoms. The molecule has 0 saturated carbocycles. The van der Waals surface area contributed by atoms with Gasteiger partial charge in [0.2, 0.25) is 0 Å². The fraction of sp³-hybridized carbons (Fsp3) is 0.0968. The second-order valence-corrected chi connectivity index (χ2v) is 10.5. The molecule has 5 aromatic carbocycles. The highest BCUT2D eigenvalue weighted by molar-refractivity contribution is 7.99. The zero-order valence-corrected chi connectivity index (χ0v) is 19.0. The van der Waals surface area contributed by atoms with Crippen LogP contribution in [0.4, 0.5) is 0 Å². The van der Waals surface area contributed by atoms with Gasteiger partial charge in [-0.1, -0.05) is 104 Å². The summed E-state index contributed by atoms with van der Waals surface area (Å²) < 4.78 is 0. The lowest BCUT2D eigenvalue weighted by atomic mass is 9.82. The SMILES string of the molecule is CC1(C)c2ccccc2-c2cc(-c3ccc4c(c3)Sc3cccc5cccc-4c35)ccc21. The zero-order chi connectivity index (χ0) is 21.4. The van der Waals surface area contributed by atoms with Gasteiger partial charge in [-0.25, -0.2) is 0 Å². The first-order valence-corrected chi connectivity index (χ1v) is 12.0. The quantitative estimate of drug-likeness (QED) is 0.253. The molecular weight excluding hydrogens is 404 g/mol. The Morgan fingerprint density at radius 3 is 2.16 bits per heavy atom. The fourth-order valence-electron chi connectivity index (χ4n) is 5.64. The van der Waals surface area contributed by atoms with Crippen molar-refractivity contribution in [2.24, 2.45) is 0 Å². The molecule has 7 rings (SSSR count). The van der Waals surface area contributed by atoms with E-state index in [4.69, 9.17) is 0 Å². The van der Waals surface area contributed by atoms with E-state index in [0.29, 0.717) is 0 Å². The first-order chi connectivity index (χ1) is 15.6. The first-order valence-electron chi connectivity index (χ1n) is 11.2. The van der Waals surface area contributed by atoms with Gasteiger partial charge >= 0.3 is 0 Å².